The zero-order valence-electron chi connectivity index (χ0n) is 21.3. The van der Waals surface area contributed by atoms with Crippen molar-refractivity contribution in [2.45, 2.75) is 78.2 Å². The molecule has 190 valence electrons. The lowest BCUT2D eigenvalue weighted by molar-refractivity contribution is -0.143. The number of carbonyl (C=O) groups excluding carboxylic acids is 2. The summed E-state index contributed by atoms with van der Waals surface area (Å²) in [5, 5.41) is 6.16. The number of esters is 1. The summed E-state index contributed by atoms with van der Waals surface area (Å²) in [6.45, 7) is 9.53. The second-order valence-corrected chi connectivity index (χ2v) is 9.87. The fraction of sp³-hybridized carbons (Fsp3) is 0.654. The third-order valence-electron chi connectivity index (χ3n) is 6.03. The molecular formula is C26H41N3O4S. The molecule has 0 heterocycles. The number of hydrogen-bond donors (Lipinski definition) is 2. The highest BCUT2D eigenvalue weighted by molar-refractivity contribution is 7.80. The van der Waals surface area contributed by atoms with Crippen molar-refractivity contribution in [2.75, 3.05) is 37.1 Å². The Morgan fingerprint density at radius 2 is 1.88 bits per heavy atom. The molecule has 34 heavy (non-hydrogen) atoms. The smallest absolute Gasteiger partial charge is 0.306 e. The van der Waals surface area contributed by atoms with Crippen LogP contribution in [-0.2, 0) is 19.1 Å². The van der Waals surface area contributed by atoms with Gasteiger partial charge >= 0.3 is 5.97 Å². The molecule has 1 aliphatic rings. The van der Waals surface area contributed by atoms with Crippen LogP contribution in [0.2, 0.25) is 0 Å². The molecular weight excluding hydrogens is 450 g/mol. The number of carbonyl (C=O) groups is 2. The molecule has 0 bridgehead atoms. The summed E-state index contributed by atoms with van der Waals surface area (Å²) >= 11 is 5.44. The molecule has 8 heteroatoms. The fourth-order valence-electron chi connectivity index (χ4n) is 4.48. The van der Waals surface area contributed by atoms with Crippen molar-refractivity contribution in [3.8, 4) is 0 Å². The van der Waals surface area contributed by atoms with Gasteiger partial charge in [0.15, 0.2) is 5.11 Å². The standard InChI is InChI=1S/C26H41N3O4S/c1-6-33-25(31)14-19(4)20-12-13-23(22(15-20)27-26(34)28-24(30)17-32-5)29(16-18(2)3)21-10-8-7-9-11-21/h12-13,15,18-19,21H,6-11,14,16-17H2,1-5H3,(H2,27,28,30,34)/t19-/m1/s1. The van der Waals surface area contributed by atoms with E-state index in [1.165, 1.54) is 39.2 Å². The van der Waals surface area contributed by atoms with Gasteiger partial charge in [0.2, 0.25) is 0 Å². The Hall–Kier alpha value is -2.19. The third-order valence-corrected chi connectivity index (χ3v) is 6.24. The lowest BCUT2D eigenvalue weighted by Crippen LogP contribution is -2.41. The van der Waals surface area contributed by atoms with Gasteiger partial charge in [-0.25, -0.2) is 0 Å². The molecule has 1 saturated carbocycles. The van der Waals surface area contributed by atoms with Crippen LogP contribution in [0.3, 0.4) is 0 Å². The van der Waals surface area contributed by atoms with Gasteiger partial charge in [0.05, 0.1) is 24.4 Å². The predicted octanol–water partition coefficient (Wildman–Crippen LogP) is 5.00. The van der Waals surface area contributed by atoms with Gasteiger partial charge in [0, 0.05) is 19.7 Å². The molecule has 0 spiro atoms. The summed E-state index contributed by atoms with van der Waals surface area (Å²) in [5.74, 6) is -0.0386. The number of thiocarbonyl (C=S) groups is 1. The van der Waals surface area contributed by atoms with Crippen molar-refractivity contribution in [3.05, 3.63) is 23.8 Å². The van der Waals surface area contributed by atoms with E-state index in [1.807, 2.05) is 19.9 Å². The third kappa shape index (κ3) is 8.87. The van der Waals surface area contributed by atoms with Crippen LogP contribution in [0.1, 0.15) is 77.7 Å². The van der Waals surface area contributed by atoms with E-state index in [9.17, 15) is 9.59 Å². The first kappa shape index (κ1) is 28.1. The molecule has 1 aromatic carbocycles. The quantitative estimate of drug-likeness (QED) is 0.333. The van der Waals surface area contributed by atoms with Crippen molar-refractivity contribution < 1.29 is 19.1 Å². The average molecular weight is 492 g/mol. The van der Waals surface area contributed by atoms with Gasteiger partial charge in [0.1, 0.15) is 6.61 Å². The molecule has 1 atom stereocenters. The summed E-state index contributed by atoms with van der Waals surface area (Å²) in [4.78, 5) is 26.5. The Labute approximate surface area is 209 Å². The Balaban J connectivity index is 2.38. The van der Waals surface area contributed by atoms with Gasteiger partial charge in [-0.1, -0.05) is 46.1 Å². The molecule has 0 saturated heterocycles. The van der Waals surface area contributed by atoms with Crippen LogP contribution < -0.4 is 15.5 Å². The van der Waals surface area contributed by atoms with Crippen LogP contribution >= 0.6 is 12.2 Å². The number of ether oxygens (including phenoxy) is 2. The number of benzene rings is 1. The van der Waals surface area contributed by atoms with E-state index in [0.717, 1.165) is 23.5 Å². The fourth-order valence-corrected chi connectivity index (χ4v) is 4.70. The zero-order chi connectivity index (χ0) is 25.1. The largest absolute Gasteiger partial charge is 0.466 e. The van der Waals surface area contributed by atoms with Gasteiger partial charge in [-0.3, -0.25) is 9.59 Å². The van der Waals surface area contributed by atoms with Gasteiger partial charge in [-0.15, -0.1) is 0 Å². The predicted molar refractivity (Wildman–Crippen MR) is 141 cm³/mol. The van der Waals surface area contributed by atoms with Crippen molar-refractivity contribution in [2.24, 2.45) is 5.92 Å². The number of nitrogens with zero attached hydrogens (tertiary/aromatic N) is 1. The Morgan fingerprint density at radius 3 is 2.50 bits per heavy atom. The lowest BCUT2D eigenvalue weighted by atomic mass is 9.92. The van der Waals surface area contributed by atoms with E-state index in [2.05, 4.69) is 41.5 Å². The zero-order valence-corrected chi connectivity index (χ0v) is 22.1. The second-order valence-electron chi connectivity index (χ2n) is 9.46. The first-order valence-electron chi connectivity index (χ1n) is 12.4. The number of amides is 1. The molecule has 1 amide bonds. The lowest BCUT2D eigenvalue weighted by Gasteiger charge is -2.38. The Kier molecular flexibility index (Phi) is 11.8. The van der Waals surface area contributed by atoms with Crippen molar-refractivity contribution in [1.29, 1.82) is 0 Å². The van der Waals surface area contributed by atoms with Crippen LogP contribution in [0.4, 0.5) is 11.4 Å². The van der Waals surface area contributed by atoms with Crippen LogP contribution in [0.5, 0.6) is 0 Å². The molecule has 0 radical (unpaired) electrons. The molecule has 1 aliphatic carbocycles. The van der Waals surface area contributed by atoms with Gasteiger partial charge < -0.3 is 25.0 Å². The Bertz CT molecular complexity index is 824. The molecule has 0 aromatic heterocycles. The second kappa shape index (κ2) is 14.3. The van der Waals surface area contributed by atoms with E-state index in [1.54, 1.807) is 0 Å². The molecule has 2 N–H and O–H groups in total. The van der Waals surface area contributed by atoms with E-state index in [4.69, 9.17) is 21.7 Å². The molecule has 1 fully saturated rings. The molecule has 7 nitrogen and oxygen atoms in total. The number of methoxy groups -OCH3 is 1. The maximum atomic E-state index is 12.0. The SMILES string of the molecule is CCOC(=O)C[C@@H](C)c1ccc(N(CC(C)C)C2CCCCC2)c(NC(=S)NC(=O)COC)c1. The molecule has 2 rings (SSSR count). The van der Waals surface area contributed by atoms with Gasteiger partial charge in [-0.05, 0) is 61.5 Å². The summed E-state index contributed by atoms with van der Waals surface area (Å²) in [6, 6.07) is 6.73. The minimum Gasteiger partial charge on any atom is -0.466 e. The highest BCUT2D eigenvalue weighted by Crippen LogP contribution is 2.36. The van der Waals surface area contributed by atoms with Crippen molar-refractivity contribution in [1.82, 2.24) is 5.32 Å². The topological polar surface area (TPSA) is 79.9 Å². The van der Waals surface area contributed by atoms with Gasteiger partial charge in [0.25, 0.3) is 5.91 Å². The van der Waals surface area contributed by atoms with E-state index in [0.29, 0.717) is 25.0 Å². The number of hydrogen-bond acceptors (Lipinski definition) is 6. The van der Waals surface area contributed by atoms with E-state index in [-0.39, 0.29) is 29.5 Å². The summed E-state index contributed by atoms with van der Waals surface area (Å²) in [7, 11) is 1.47. The van der Waals surface area contributed by atoms with Crippen LogP contribution in [-0.4, -0.2) is 49.9 Å². The number of nitrogens with one attached hydrogen (secondary N) is 2. The van der Waals surface area contributed by atoms with Gasteiger partial charge in [-0.2, -0.15) is 0 Å². The maximum Gasteiger partial charge on any atom is 0.306 e. The highest BCUT2D eigenvalue weighted by Gasteiger charge is 2.25. The number of anilines is 2. The average Bonchev–Trinajstić information content (AvgIpc) is 2.78. The first-order valence-corrected chi connectivity index (χ1v) is 12.8. The summed E-state index contributed by atoms with van der Waals surface area (Å²) < 4.78 is 10.0. The van der Waals surface area contributed by atoms with Crippen molar-refractivity contribution >= 4 is 40.6 Å². The first-order chi connectivity index (χ1) is 16.2. The minimum atomic E-state index is -0.306. The highest BCUT2D eigenvalue weighted by atomic mass is 32.1. The number of rotatable bonds is 11. The van der Waals surface area contributed by atoms with Crippen LogP contribution in [0.15, 0.2) is 18.2 Å². The minimum absolute atomic E-state index is 0.0152. The normalized spacial score (nSPS) is 15.0. The molecule has 0 unspecified atom stereocenters. The van der Waals surface area contributed by atoms with E-state index < -0.39 is 0 Å². The Morgan fingerprint density at radius 1 is 1.18 bits per heavy atom. The van der Waals surface area contributed by atoms with Crippen LogP contribution in [0, 0.1) is 5.92 Å². The van der Waals surface area contributed by atoms with Crippen LogP contribution in [0.25, 0.3) is 0 Å². The van der Waals surface area contributed by atoms with E-state index >= 15 is 0 Å². The summed E-state index contributed by atoms with van der Waals surface area (Å²) in [5.41, 5.74) is 2.91. The molecule has 0 aliphatic heterocycles. The monoisotopic (exact) mass is 491 g/mol. The van der Waals surface area contributed by atoms with Crippen molar-refractivity contribution in [3.63, 3.8) is 0 Å². The molecule has 1 aromatic rings. The maximum absolute atomic E-state index is 12.0. The summed E-state index contributed by atoms with van der Waals surface area (Å²) in [6.07, 6.45) is 6.41.